The summed E-state index contributed by atoms with van der Waals surface area (Å²) in [6.07, 6.45) is 0.426. The summed E-state index contributed by atoms with van der Waals surface area (Å²) in [6.45, 7) is 1.82. The first-order valence-electron chi connectivity index (χ1n) is 6.54. The number of carboxylic acid groups (broad SMARTS) is 1. The fourth-order valence-corrected chi connectivity index (χ4v) is 3.47. The van der Waals surface area contributed by atoms with E-state index in [0.29, 0.717) is 27.9 Å². The normalized spacial score (nSPS) is 17.9. The van der Waals surface area contributed by atoms with Crippen molar-refractivity contribution in [2.24, 2.45) is 5.10 Å². The van der Waals surface area contributed by atoms with Crippen LogP contribution >= 0.6 is 35.0 Å². The van der Waals surface area contributed by atoms with Crippen molar-refractivity contribution in [2.45, 2.75) is 25.0 Å². The molecule has 1 aliphatic rings. The van der Waals surface area contributed by atoms with Gasteiger partial charge in [-0.1, -0.05) is 23.2 Å². The van der Waals surface area contributed by atoms with Gasteiger partial charge in [0.2, 0.25) is 0 Å². The molecule has 0 saturated heterocycles. The van der Waals surface area contributed by atoms with Crippen LogP contribution in [0.25, 0.3) is 0 Å². The Bertz CT molecular complexity index is 626. The highest BCUT2D eigenvalue weighted by Gasteiger charge is 2.26. The lowest BCUT2D eigenvalue weighted by Crippen LogP contribution is -2.37. The van der Waals surface area contributed by atoms with Gasteiger partial charge in [-0.2, -0.15) is 5.10 Å². The number of hydrogen-bond acceptors (Lipinski definition) is 4. The maximum atomic E-state index is 11.8. The largest absolute Gasteiger partial charge is 0.481 e. The Morgan fingerprint density at radius 1 is 1.45 bits per heavy atom. The average molecular weight is 361 g/mol. The molecule has 1 aromatic rings. The third kappa shape index (κ3) is 4.15. The molecule has 1 unspecified atom stereocenters. The third-order valence-electron chi connectivity index (χ3n) is 3.22. The molecule has 0 fully saturated rings. The molecule has 1 aliphatic heterocycles. The molecule has 22 heavy (non-hydrogen) atoms. The molecule has 1 amide bonds. The highest BCUT2D eigenvalue weighted by atomic mass is 35.5. The van der Waals surface area contributed by atoms with Crippen LogP contribution in [0.5, 0.6) is 0 Å². The summed E-state index contributed by atoms with van der Waals surface area (Å²) in [7, 11) is 0. The minimum absolute atomic E-state index is 0.0170. The highest BCUT2D eigenvalue weighted by molar-refractivity contribution is 8.00. The molecule has 0 aromatic heterocycles. The van der Waals surface area contributed by atoms with Crippen LogP contribution in [0, 0.1) is 6.92 Å². The van der Waals surface area contributed by atoms with Crippen LogP contribution in [-0.2, 0) is 9.59 Å². The molecular formula is C14H14Cl2N2O3S. The first-order valence-corrected chi connectivity index (χ1v) is 8.34. The van der Waals surface area contributed by atoms with E-state index in [4.69, 9.17) is 28.3 Å². The number of carbonyl (C=O) groups is 2. The van der Waals surface area contributed by atoms with E-state index in [0.717, 1.165) is 11.1 Å². The van der Waals surface area contributed by atoms with Crippen molar-refractivity contribution in [1.82, 2.24) is 5.43 Å². The van der Waals surface area contributed by atoms with Gasteiger partial charge in [0.25, 0.3) is 5.91 Å². The van der Waals surface area contributed by atoms with Crippen LogP contribution in [0.15, 0.2) is 17.2 Å². The van der Waals surface area contributed by atoms with Crippen LogP contribution < -0.4 is 5.43 Å². The van der Waals surface area contributed by atoms with Gasteiger partial charge in [0.05, 0.1) is 17.4 Å². The molecule has 0 radical (unpaired) electrons. The van der Waals surface area contributed by atoms with Gasteiger partial charge in [-0.05, 0) is 24.6 Å². The van der Waals surface area contributed by atoms with Crippen molar-refractivity contribution in [3.05, 3.63) is 33.3 Å². The van der Waals surface area contributed by atoms with E-state index in [9.17, 15) is 9.59 Å². The maximum absolute atomic E-state index is 11.8. The molecule has 1 aromatic carbocycles. The first-order chi connectivity index (χ1) is 10.4. The van der Waals surface area contributed by atoms with Crippen molar-refractivity contribution in [2.75, 3.05) is 5.75 Å². The van der Waals surface area contributed by atoms with E-state index in [1.54, 1.807) is 12.1 Å². The van der Waals surface area contributed by atoms with Crippen LogP contribution in [0.3, 0.4) is 0 Å². The SMILES string of the molecule is Cc1c(Cl)cc(C2=NNC(=O)C(SCCC(=O)O)C2)cc1Cl. The zero-order valence-electron chi connectivity index (χ0n) is 11.7. The van der Waals surface area contributed by atoms with Gasteiger partial charge in [-0.25, -0.2) is 5.43 Å². The number of carbonyl (C=O) groups excluding carboxylic acids is 1. The molecule has 0 saturated carbocycles. The van der Waals surface area contributed by atoms with Gasteiger partial charge in [0, 0.05) is 27.8 Å². The van der Waals surface area contributed by atoms with Gasteiger partial charge in [0.15, 0.2) is 0 Å². The Balaban J connectivity index is 2.12. The summed E-state index contributed by atoms with van der Waals surface area (Å²) in [5.41, 5.74) is 4.69. The molecule has 1 atom stereocenters. The number of nitrogens with zero attached hydrogens (tertiary/aromatic N) is 1. The zero-order valence-corrected chi connectivity index (χ0v) is 14.1. The Morgan fingerprint density at radius 2 is 2.09 bits per heavy atom. The average Bonchev–Trinajstić information content (AvgIpc) is 2.46. The minimum atomic E-state index is -0.880. The topological polar surface area (TPSA) is 78.8 Å². The lowest BCUT2D eigenvalue weighted by molar-refractivity contribution is -0.136. The lowest BCUT2D eigenvalue weighted by Gasteiger charge is -2.21. The molecule has 5 nitrogen and oxygen atoms in total. The Hall–Kier alpha value is -1.24. The highest BCUT2D eigenvalue weighted by Crippen LogP contribution is 2.28. The van der Waals surface area contributed by atoms with Crippen molar-refractivity contribution in [3.63, 3.8) is 0 Å². The van der Waals surface area contributed by atoms with Gasteiger partial charge in [-0.3, -0.25) is 9.59 Å². The lowest BCUT2D eigenvalue weighted by atomic mass is 10.0. The predicted molar refractivity (Wildman–Crippen MR) is 89.0 cm³/mol. The summed E-state index contributed by atoms with van der Waals surface area (Å²) in [6, 6.07) is 3.52. The minimum Gasteiger partial charge on any atom is -0.481 e. The molecule has 2 rings (SSSR count). The Labute approximate surface area is 142 Å². The van der Waals surface area contributed by atoms with Crippen LogP contribution in [0.1, 0.15) is 24.0 Å². The molecule has 2 N–H and O–H groups in total. The predicted octanol–water partition coefficient (Wildman–Crippen LogP) is 3.10. The number of nitrogens with one attached hydrogen (secondary N) is 1. The Morgan fingerprint density at radius 3 is 2.68 bits per heavy atom. The number of hydrogen-bond donors (Lipinski definition) is 2. The van der Waals surface area contributed by atoms with Gasteiger partial charge < -0.3 is 5.11 Å². The van der Waals surface area contributed by atoms with Crippen molar-refractivity contribution in [3.8, 4) is 0 Å². The van der Waals surface area contributed by atoms with Crippen molar-refractivity contribution < 1.29 is 14.7 Å². The fraction of sp³-hybridized carbons (Fsp3) is 0.357. The smallest absolute Gasteiger partial charge is 0.304 e. The summed E-state index contributed by atoms with van der Waals surface area (Å²) >= 11 is 13.6. The van der Waals surface area contributed by atoms with Crippen LogP contribution in [0.4, 0.5) is 0 Å². The summed E-state index contributed by atoms with van der Waals surface area (Å²) < 4.78 is 0. The van der Waals surface area contributed by atoms with Crippen LogP contribution in [-0.4, -0.2) is 33.7 Å². The molecule has 8 heteroatoms. The quantitative estimate of drug-likeness (QED) is 0.845. The van der Waals surface area contributed by atoms with E-state index in [2.05, 4.69) is 10.5 Å². The second-order valence-electron chi connectivity index (χ2n) is 4.81. The number of carboxylic acids is 1. The second-order valence-corrected chi connectivity index (χ2v) is 6.93. The number of thioether (sulfide) groups is 1. The number of rotatable bonds is 5. The van der Waals surface area contributed by atoms with Gasteiger partial charge >= 0.3 is 5.97 Å². The third-order valence-corrected chi connectivity index (χ3v) is 5.23. The van der Waals surface area contributed by atoms with Gasteiger partial charge in [0.1, 0.15) is 0 Å². The summed E-state index contributed by atoms with van der Waals surface area (Å²) in [4.78, 5) is 22.3. The van der Waals surface area contributed by atoms with E-state index in [-0.39, 0.29) is 17.6 Å². The molecule has 0 bridgehead atoms. The standard InChI is InChI=1S/C14H14Cl2N2O3S/c1-7-9(15)4-8(5-10(7)16)11-6-12(14(21)18-17-11)22-3-2-13(19)20/h4-5,12H,2-3,6H2,1H3,(H,18,21)(H,19,20). The second kappa shape index (κ2) is 7.35. The number of halogens is 2. The number of benzene rings is 1. The van der Waals surface area contributed by atoms with E-state index in [1.807, 2.05) is 6.92 Å². The van der Waals surface area contributed by atoms with E-state index in [1.165, 1.54) is 11.8 Å². The van der Waals surface area contributed by atoms with E-state index < -0.39 is 5.97 Å². The molecule has 0 aliphatic carbocycles. The molecule has 0 spiro atoms. The Kier molecular flexibility index (Phi) is 5.72. The van der Waals surface area contributed by atoms with E-state index >= 15 is 0 Å². The molecule has 1 heterocycles. The fourth-order valence-electron chi connectivity index (χ4n) is 1.93. The number of hydrazone groups is 1. The monoisotopic (exact) mass is 360 g/mol. The summed E-state index contributed by atoms with van der Waals surface area (Å²) in [5.74, 6) is -0.728. The first kappa shape index (κ1) is 17.1. The van der Waals surface area contributed by atoms with Gasteiger partial charge in [-0.15, -0.1) is 11.8 Å². The maximum Gasteiger partial charge on any atom is 0.304 e. The molecular weight excluding hydrogens is 347 g/mol. The van der Waals surface area contributed by atoms with Crippen LogP contribution in [0.2, 0.25) is 10.0 Å². The summed E-state index contributed by atoms with van der Waals surface area (Å²) in [5, 5.41) is 13.4. The van der Waals surface area contributed by atoms with Crippen molar-refractivity contribution in [1.29, 1.82) is 0 Å². The van der Waals surface area contributed by atoms with Crippen molar-refractivity contribution >= 4 is 52.6 Å². The molecule has 118 valence electrons. The number of amides is 1. The number of aliphatic carboxylic acids is 1. The zero-order chi connectivity index (χ0) is 16.3.